The molecule has 2 aromatic carbocycles. The maximum atomic E-state index is 7.35. The number of fused-ring (bicyclic) bond motifs is 8. The molecule has 2 aromatic heterocycles. The molecule has 0 spiro atoms. The predicted molar refractivity (Wildman–Crippen MR) is 145 cm³/mol. The van der Waals surface area contributed by atoms with Crippen molar-refractivity contribution in [3.05, 3.63) is 107 Å². The van der Waals surface area contributed by atoms with E-state index in [1.807, 2.05) is 83.9 Å². The Kier molecular flexibility index (Phi) is 4.92. The van der Waals surface area contributed by atoms with E-state index in [4.69, 9.17) is 23.7 Å². The van der Waals surface area contributed by atoms with E-state index in [-0.39, 0.29) is 0 Å². The first-order chi connectivity index (χ1) is 19.9. The lowest BCUT2D eigenvalue weighted by atomic mass is 10.1. The molecule has 41 heavy (non-hydrogen) atoms. The second-order valence-electron chi connectivity index (χ2n) is 10.8. The van der Waals surface area contributed by atoms with Crippen molar-refractivity contribution in [3.8, 4) is 23.0 Å². The highest BCUT2D eigenvalue weighted by molar-refractivity contribution is 5.83. The first-order valence-corrected chi connectivity index (χ1v) is 13.6. The molecular weight excluding hydrogens is 520 g/mol. The van der Waals surface area contributed by atoms with Crippen LogP contribution in [0, 0.1) is 13.8 Å². The maximum Gasteiger partial charge on any atom is 0.676 e. The molecular formula is C32H30N4O5+4. The quantitative estimate of drug-likeness (QED) is 0.366. The Morgan fingerprint density at radius 2 is 1.12 bits per heavy atom. The van der Waals surface area contributed by atoms with Crippen molar-refractivity contribution >= 4 is 12.4 Å². The third kappa shape index (κ3) is 3.26. The molecule has 9 nitrogen and oxygen atoms in total. The van der Waals surface area contributed by atoms with Crippen LogP contribution in [0.5, 0.6) is 23.0 Å². The zero-order chi connectivity index (χ0) is 27.9. The summed E-state index contributed by atoms with van der Waals surface area (Å²) in [6.45, 7) is 5.20. The third-order valence-electron chi connectivity index (χ3n) is 8.24. The van der Waals surface area contributed by atoms with Gasteiger partial charge in [-0.05, 0) is 66.1 Å². The Labute approximate surface area is 237 Å². The van der Waals surface area contributed by atoms with E-state index >= 15 is 0 Å². The Balaban J connectivity index is 1.36. The van der Waals surface area contributed by atoms with Crippen LogP contribution in [0.2, 0.25) is 0 Å². The molecule has 2 unspecified atom stereocenters. The number of pyridine rings is 2. The van der Waals surface area contributed by atoms with Gasteiger partial charge in [0, 0.05) is 24.3 Å². The molecule has 204 valence electrons. The van der Waals surface area contributed by atoms with Gasteiger partial charge in [0.15, 0.2) is 36.3 Å². The van der Waals surface area contributed by atoms with Crippen LogP contribution in [-0.4, -0.2) is 35.8 Å². The van der Waals surface area contributed by atoms with Gasteiger partial charge in [-0.1, -0.05) is 18.3 Å². The summed E-state index contributed by atoms with van der Waals surface area (Å²) >= 11 is 0. The molecule has 0 N–H and O–H groups in total. The molecule has 8 rings (SSSR count). The van der Waals surface area contributed by atoms with Crippen LogP contribution >= 0.6 is 0 Å². The molecule has 0 radical (unpaired) electrons. The fourth-order valence-electron chi connectivity index (χ4n) is 6.33. The summed E-state index contributed by atoms with van der Waals surface area (Å²) in [5, 5.41) is 0. The van der Waals surface area contributed by atoms with Crippen molar-refractivity contribution in [1.29, 1.82) is 0 Å². The molecule has 4 aromatic rings. The predicted octanol–water partition coefficient (Wildman–Crippen LogP) is 2.82. The maximum absolute atomic E-state index is 7.35. The van der Waals surface area contributed by atoms with Crippen molar-refractivity contribution in [1.82, 2.24) is 0 Å². The van der Waals surface area contributed by atoms with Gasteiger partial charge in [0.1, 0.15) is 11.5 Å². The summed E-state index contributed by atoms with van der Waals surface area (Å²) in [6, 6.07) is 17.4. The summed E-state index contributed by atoms with van der Waals surface area (Å²) in [6.07, 6.45) is 8.17. The highest BCUT2D eigenvalue weighted by Gasteiger charge is 2.80. The number of nitrogens with zero attached hydrogens (tertiary/aromatic N) is 4. The molecule has 4 aliphatic heterocycles. The molecule has 4 aliphatic rings. The molecule has 0 saturated carbocycles. The molecule has 0 fully saturated rings. The molecule has 0 saturated heterocycles. The molecule has 0 aliphatic carbocycles. The molecule has 0 bridgehead atoms. The largest absolute Gasteiger partial charge is 0.676 e. The topological polar surface area (TPSA) is 59.9 Å². The normalized spacial score (nSPS) is 22.4. The number of methoxy groups -OCH3 is 2. The van der Waals surface area contributed by atoms with Gasteiger partial charge in [0.25, 0.3) is 11.4 Å². The van der Waals surface area contributed by atoms with Crippen LogP contribution in [0.15, 0.2) is 73.1 Å². The van der Waals surface area contributed by atoms with E-state index < -0.39 is 12.1 Å². The second-order valence-corrected chi connectivity index (χ2v) is 10.8. The van der Waals surface area contributed by atoms with Gasteiger partial charge >= 0.3 is 12.1 Å². The van der Waals surface area contributed by atoms with Crippen molar-refractivity contribution in [2.24, 2.45) is 0 Å². The van der Waals surface area contributed by atoms with Crippen molar-refractivity contribution in [3.63, 3.8) is 0 Å². The number of ether oxygens (including phenoxy) is 5. The van der Waals surface area contributed by atoms with Crippen molar-refractivity contribution < 1.29 is 42.0 Å². The van der Waals surface area contributed by atoms with E-state index in [0.29, 0.717) is 13.1 Å². The smallest absolute Gasteiger partial charge is 0.497 e. The number of benzene rings is 2. The third-order valence-corrected chi connectivity index (χ3v) is 8.24. The molecule has 6 heterocycles. The lowest BCUT2D eigenvalue weighted by Gasteiger charge is -2.29. The first-order valence-electron chi connectivity index (χ1n) is 13.6. The van der Waals surface area contributed by atoms with Crippen LogP contribution in [0.3, 0.4) is 0 Å². The summed E-state index contributed by atoms with van der Waals surface area (Å²) in [5.74, 6) is 3.01. The number of aryl methyl sites for hydroxylation is 2. The zero-order valence-electron chi connectivity index (χ0n) is 23.3. The van der Waals surface area contributed by atoms with E-state index in [2.05, 4.69) is 33.7 Å². The molecule has 9 heteroatoms. The highest BCUT2D eigenvalue weighted by Crippen LogP contribution is 2.43. The Morgan fingerprint density at radius 3 is 1.56 bits per heavy atom. The minimum absolute atomic E-state index is 0.579. The fourth-order valence-corrected chi connectivity index (χ4v) is 6.33. The van der Waals surface area contributed by atoms with Gasteiger partial charge in [-0.25, -0.2) is 0 Å². The average Bonchev–Trinajstić information content (AvgIpc) is 3.46. The summed E-state index contributed by atoms with van der Waals surface area (Å²) in [5.41, 5.74) is 5.83. The van der Waals surface area contributed by atoms with Crippen molar-refractivity contribution in [2.45, 2.75) is 39.0 Å². The number of hydrogen-bond donors (Lipinski definition) is 0. The van der Waals surface area contributed by atoms with E-state index in [0.717, 1.165) is 56.6 Å². The average molecular weight is 551 g/mol. The van der Waals surface area contributed by atoms with Gasteiger partial charge in [-0.2, -0.15) is 0 Å². The molecule has 0 amide bonds. The van der Waals surface area contributed by atoms with Gasteiger partial charge in [-0.15, -0.1) is 0 Å². The van der Waals surface area contributed by atoms with Crippen LogP contribution in [0.1, 0.15) is 33.6 Å². The standard InChI is InChI=1S/C32H30N4O5/c1-21-13-27(37-3)15-23-17-33-19-25-9-5-7-11-35(25)31(33,39-29(21)23)41-32-34(20-26-10-6-8-12-36(26)32)18-24-16-28(38-4)14-22(2)30(24)40-32/h5-18H,19-20H2,1-4H3/q+4. The van der Waals surface area contributed by atoms with Gasteiger partial charge in [0.05, 0.1) is 25.3 Å². The van der Waals surface area contributed by atoms with E-state index in [1.54, 1.807) is 14.2 Å². The van der Waals surface area contributed by atoms with Crippen LogP contribution in [0.25, 0.3) is 0 Å². The van der Waals surface area contributed by atoms with Crippen LogP contribution < -0.4 is 28.1 Å². The number of rotatable bonds is 4. The summed E-state index contributed by atoms with van der Waals surface area (Å²) < 4.78 is 40.7. The van der Waals surface area contributed by atoms with E-state index in [1.165, 1.54) is 0 Å². The van der Waals surface area contributed by atoms with E-state index in [9.17, 15) is 0 Å². The fraction of sp³-hybridized carbons (Fsp3) is 0.250. The minimum atomic E-state index is -1.38. The Morgan fingerprint density at radius 1 is 0.659 bits per heavy atom. The highest BCUT2D eigenvalue weighted by atomic mass is 16.8. The SMILES string of the molecule is COc1cc(C)c2c(c1)C=[N+]1Cc3cccc[n+]3C1(OC13Oc4c(C)cc(OC)cc4C=[N+]1Cc1cccc[n+]13)O2. The van der Waals surface area contributed by atoms with Crippen molar-refractivity contribution in [2.75, 3.05) is 14.2 Å². The van der Waals surface area contributed by atoms with Gasteiger partial charge in [0.2, 0.25) is 13.1 Å². The lowest BCUT2D eigenvalue weighted by molar-refractivity contribution is -1.07. The Hall–Kier alpha value is -4.76. The molecule has 2 atom stereocenters. The minimum Gasteiger partial charge on any atom is -0.497 e. The van der Waals surface area contributed by atoms with Gasteiger partial charge < -0.3 is 18.9 Å². The summed E-state index contributed by atoms with van der Waals surface area (Å²) in [7, 11) is 3.35. The lowest BCUT2D eigenvalue weighted by Crippen LogP contribution is -2.75. The monoisotopic (exact) mass is 550 g/mol. The van der Waals surface area contributed by atoms with Crippen LogP contribution in [0.4, 0.5) is 0 Å². The van der Waals surface area contributed by atoms with Gasteiger partial charge in [-0.3, -0.25) is 0 Å². The Bertz CT molecular complexity index is 1720. The zero-order valence-corrected chi connectivity index (χ0v) is 23.3. The number of hydrogen-bond acceptors (Lipinski definition) is 5. The first kappa shape index (κ1) is 24.1. The summed E-state index contributed by atoms with van der Waals surface area (Å²) in [4.78, 5) is 0. The van der Waals surface area contributed by atoms with Crippen LogP contribution in [-0.2, 0) is 29.9 Å². The number of aromatic nitrogens is 2. The second kappa shape index (κ2) is 8.37.